The first-order valence-electron chi connectivity index (χ1n) is 6.54. The van der Waals surface area contributed by atoms with Crippen LogP contribution in [0.2, 0.25) is 5.02 Å². The fourth-order valence-electron chi connectivity index (χ4n) is 2.10. The Morgan fingerprint density at radius 1 is 0.952 bits per heavy atom. The van der Waals surface area contributed by atoms with Crippen LogP contribution in [0.5, 0.6) is 0 Å². The van der Waals surface area contributed by atoms with Crippen molar-refractivity contribution in [2.24, 2.45) is 0 Å². The van der Waals surface area contributed by atoms with Gasteiger partial charge in [0.1, 0.15) is 11.6 Å². The quantitative estimate of drug-likeness (QED) is 0.940. The van der Waals surface area contributed by atoms with Gasteiger partial charge in [-0.25, -0.2) is 9.97 Å². The van der Waals surface area contributed by atoms with E-state index in [0.717, 1.165) is 28.3 Å². The van der Waals surface area contributed by atoms with E-state index in [-0.39, 0.29) is 6.61 Å². The van der Waals surface area contributed by atoms with E-state index in [1.54, 1.807) is 12.4 Å². The molecule has 0 aromatic carbocycles. The monoisotopic (exact) mass is 306 g/mol. The molecular weight excluding hydrogens is 288 g/mol. The van der Waals surface area contributed by atoms with Crippen molar-refractivity contribution >= 4 is 23.2 Å². The topological polar surface area (TPSA) is 52.5 Å². The molecule has 0 unspecified atom stereocenters. The van der Waals surface area contributed by atoms with Gasteiger partial charge >= 0.3 is 0 Å². The second-order valence-corrected chi connectivity index (χ2v) is 5.59. The van der Waals surface area contributed by atoms with Crippen molar-refractivity contribution in [3.8, 4) is 11.1 Å². The van der Waals surface area contributed by atoms with E-state index in [1.807, 2.05) is 50.1 Å². The number of aliphatic hydroxyl groups is 1. The van der Waals surface area contributed by atoms with Crippen LogP contribution in [0.1, 0.15) is 5.56 Å². The molecule has 0 fully saturated rings. The molecule has 0 spiro atoms. The van der Waals surface area contributed by atoms with Gasteiger partial charge in [0, 0.05) is 57.3 Å². The Labute approximate surface area is 129 Å². The normalized spacial score (nSPS) is 10.6. The van der Waals surface area contributed by atoms with Crippen molar-refractivity contribution in [1.82, 2.24) is 9.97 Å². The first kappa shape index (κ1) is 15.5. The molecule has 2 rings (SSSR count). The van der Waals surface area contributed by atoms with Crippen LogP contribution < -0.4 is 9.80 Å². The Balaban J connectivity index is 2.45. The Morgan fingerprint density at radius 2 is 1.48 bits per heavy atom. The molecule has 21 heavy (non-hydrogen) atoms. The summed E-state index contributed by atoms with van der Waals surface area (Å²) in [5.74, 6) is 1.48. The molecule has 0 bridgehead atoms. The van der Waals surface area contributed by atoms with E-state index in [0.29, 0.717) is 5.02 Å². The molecule has 2 heterocycles. The fourth-order valence-corrected chi connectivity index (χ4v) is 2.43. The first-order valence-corrected chi connectivity index (χ1v) is 6.92. The first-order chi connectivity index (χ1) is 9.93. The maximum atomic E-state index is 9.50. The number of anilines is 2. The van der Waals surface area contributed by atoms with Crippen molar-refractivity contribution in [2.45, 2.75) is 6.61 Å². The number of aliphatic hydroxyl groups excluding tert-OH is 1. The van der Waals surface area contributed by atoms with Crippen molar-refractivity contribution in [2.75, 3.05) is 38.0 Å². The molecule has 0 atom stereocenters. The molecule has 0 radical (unpaired) electrons. The lowest BCUT2D eigenvalue weighted by atomic mass is 10.1. The summed E-state index contributed by atoms with van der Waals surface area (Å²) in [5.41, 5.74) is 2.52. The van der Waals surface area contributed by atoms with Crippen LogP contribution in [0.4, 0.5) is 11.6 Å². The fraction of sp³-hybridized carbons (Fsp3) is 0.333. The zero-order chi connectivity index (χ0) is 15.6. The Hall–Kier alpha value is -1.85. The lowest BCUT2D eigenvalue weighted by molar-refractivity contribution is 0.282. The van der Waals surface area contributed by atoms with Crippen molar-refractivity contribution < 1.29 is 5.11 Å². The Kier molecular flexibility index (Phi) is 4.65. The third-order valence-electron chi connectivity index (χ3n) is 3.12. The molecule has 5 nitrogen and oxygen atoms in total. The van der Waals surface area contributed by atoms with Crippen LogP contribution in [0, 0.1) is 0 Å². The molecule has 0 saturated heterocycles. The van der Waals surface area contributed by atoms with E-state index in [9.17, 15) is 5.11 Å². The molecular formula is C15H19ClN4O. The van der Waals surface area contributed by atoms with E-state index in [2.05, 4.69) is 9.97 Å². The van der Waals surface area contributed by atoms with Gasteiger partial charge in [0.25, 0.3) is 0 Å². The molecule has 0 aliphatic carbocycles. The van der Waals surface area contributed by atoms with Crippen molar-refractivity contribution in [3.05, 3.63) is 35.1 Å². The Bertz CT molecular complexity index is 644. The predicted molar refractivity (Wildman–Crippen MR) is 87.1 cm³/mol. The second kappa shape index (κ2) is 6.28. The largest absolute Gasteiger partial charge is 0.392 e. The molecule has 2 aromatic heterocycles. The summed E-state index contributed by atoms with van der Waals surface area (Å²) in [6.07, 6.45) is 3.52. The van der Waals surface area contributed by atoms with Crippen molar-refractivity contribution in [3.63, 3.8) is 0 Å². The van der Waals surface area contributed by atoms with Gasteiger partial charge < -0.3 is 14.9 Å². The molecule has 0 aliphatic heterocycles. The minimum atomic E-state index is -0.0642. The van der Waals surface area contributed by atoms with Crippen LogP contribution >= 0.6 is 11.6 Å². The molecule has 0 aliphatic rings. The minimum Gasteiger partial charge on any atom is -0.392 e. The number of halogens is 1. The summed E-state index contributed by atoms with van der Waals surface area (Å²) in [6.45, 7) is -0.0642. The molecule has 0 amide bonds. The predicted octanol–water partition coefficient (Wildman–Crippen LogP) is 2.42. The number of nitrogens with zero attached hydrogens (tertiary/aromatic N) is 4. The lowest BCUT2D eigenvalue weighted by Crippen LogP contribution is -2.13. The molecule has 2 aromatic rings. The molecule has 0 saturated carbocycles. The number of hydrogen-bond donors (Lipinski definition) is 1. The van der Waals surface area contributed by atoms with Crippen LogP contribution in [0.3, 0.4) is 0 Å². The summed E-state index contributed by atoms with van der Waals surface area (Å²) in [5, 5.41) is 10.1. The maximum Gasteiger partial charge on any atom is 0.146 e. The van der Waals surface area contributed by atoms with Crippen LogP contribution in [-0.2, 0) is 6.61 Å². The summed E-state index contributed by atoms with van der Waals surface area (Å²) in [4.78, 5) is 12.5. The van der Waals surface area contributed by atoms with Crippen molar-refractivity contribution in [1.29, 1.82) is 0 Å². The average molecular weight is 307 g/mol. The average Bonchev–Trinajstić information content (AvgIpc) is 2.45. The highest BCUT2D eigenvalue weighted by molar-refractivity contribution is 6.33. The summed E-state index contributed by atoms with van der Waals surface area (Å²) in [6, 6.07) is 3.77. The highest BCUT2D eigenvalue weighted by atomic mass is 35.5. The minimum absolute atomic E-state index is 0.0642. The SMILES string of the molecule is CN(C)c1ncc(-c2cnc(N(C)C)c(CO)c2)cc1Cl. The van der Waals surface area contributed by atoms with Gasteiger partial charge in [0.15, 0.2) is 0 Å². The zero-order valence-electron chi connectivity index (χ0n) is 12.6. The third-order valence-corrected chi connectivity index (χ3v) is 3.39. The van der Waals surface area contributed by atoms with E-state index >= 15 is 0 Å². The van der Waals surface area contributed by atoms with Gasteiger partial charge in [0.2, 0.25) is 0 Å². The maximum absolute atomic E-state index is 9.50. The number of aromatic nitrogens is 2. The van der Waals surface area contributed by atoms with Gasteiger partial charge in [-0.2, -0.15) is 0 Å². The lowest BCUT2D eigenvalue weighted by Gasteiger charge is -2.17. The van der Waals surface area contributed by atoms with E-state index in [1.165, 1.54) is 0 Å². The van der Waals surface area contributed by atoms with Gasteiger partial charge in [-0.1, -0.05) is 11.6 Å². The number of pyridine rings is 2. The molecule has 112 valence electrons. The molecule has 6 heteroatoms. The van der Waals surface area contributed by atoms with Gasteiger partial charge in [-0.05, 0) is 12.1 Å². The van der Waals surface area contributed by atoms with E-state index in [4.69, 9.17) is 11.6 Å². The number of hydrogen-bond acceptors (Lipinski definition) is 5. The van der Waals surface area contributed by atoms with Crippen LogP contribution in [-0.4, -0.2) is 43.3 Å². The zero-order valence-corrected chi connectivity index (χ0v) is 13.4. The van der Waals surface area contributed by atoms with Crippen LogP contribution in [0.25, 0.3) is 11.1 Å². The smallest absolute Gasteiger partial charge is 0.146 e. The molecule has 1 N–H and O–H groups in total. The van der Waals surface area contributed by atoms with Gasteiger partial charge in [-0.15, -0.1) is 0 Å². The highest BCUT2D eigenvalue weighted by Crippen LogP contribution is 2.29. The Morgan fingerprint density at radius 3 is 1.95 bits per heavy atom. The highest BCUT2D eigenvalue weighted by Gasteiger charge is 2.11. The summed E-state index contributed by atoms with van der Waals surface area (Å²) in [7, 11) is 7.58. The summed E-state index contributed by atoms with van der Waals surface area (Å²) < 4.78 is 0. The number of rotatable bonds is 4. The van der Waals surface area contributed by atoms with Gasteiger partial charge in [0.05, 0.1) is 11.6 Å². The summed E-state index contributed by atoms with van der Waals surface area (Å²) >= 11 is 6.25. The second-order valence-electron chi connectivity index (χ2n) is 5.18. The van der Waals surface area contributed by atoms with E-state index < -0.39 is 0 Å². The van der Waals surface area contributed by atoms with Crippen LogP contribution in [0.15, 0.2) is 24.5 Å². The van der Waals surface area contributed by atoms with Gasteiger partial charge in [-0.3, -0.25) is 0 Å². The third kappa shape index (κ3) is 3.25. The standard InChI is InChI=1S/C15H19ClN4O/c1-19(2)14-12(9-21)5-10(7-17-14)11-6-13(16)15(18-8-11)20(3)4/h5-8,21H,9H2,1-4H3.